The van der Waals surface area contributed by atoms with Crippen molar-refractivity contribution >= 4 is 19.7 Å². The molecule has 0 aromatic rings. The number of hydrogen-bond donors (Lipinski definition) is 1. The topological polar surface area (TPSA) is 114 Å². The zero-order valence-electron chi connectivity index (χ0n) is 50.4. The molecule has 0 aliphatic rings. The van der Waals surface area contributed by atoms with Crippen molar-refractivity contribution in [3.63, 3.8) is 0 Å². The number of phosphoric ester groups is 1. The summed E-state index contributed by atoms with van der Waals surface area (Å²) in [4.78, 5) is 40.0. The molecule has 0 aromatic heterocycles. The minimum Gasteiger partial charge on any atom is -0.756 e. The summed E-state index contributed by atoms with van der Waals surface area (Å²) in [6.07, 6.45) is 76.3. The predicted molar refractivity (Wildman–Crippen MR) is 330 cm³/mol. The number of likely N-dealkylation sites (N-methyl/N-ethyl adjacent to an activating group) is 1. The summed E-state index contributed by atoms with van der Waals surface area (Å²) < 4.78 is 30.3. The van der Waals surface area contributed by atoms with Gasteiger partial charge >= 0.3 is 5.97 Å². The molecular weight excluding hydrogens is 976 g/mol. The molecule has 3 unspecified atom stereocenters. The van der Waals surface area contributed by atoms with Crippen molar-refractivity contribution in [1.82, 2.24) is 5.32 Å². The number of amides is 1. The second kappa shape index (κ2) is 56.0. The maximum Gasteiger partial charge on any atom is 0.306 e. The van der Waals surface area contributed by atoms with Crippen LogP contribution in [-0.4, -0.2) is 69.4 Å². The van der Waals surface area contributed by atoms with Gasteiger partial charge in [0, 0.05) is 12.8 Å². The van der Waals surface area contributed by atoms with Gasteiger partial charge in [0.2, 0.25) is 5.91 Å². The summed E-state index contributed by atoms with van der Waals surface area (Å²) in [5.74, 6) is -0.577. The van der Waals surface area contributed by atoms with E-state index in [1.165, 1.54) is 89.9 Å². The fourth-order valence-electron chi connectivity index (χ4n) is 8.49. The standard InChI is InChI=1S/C67H117N2O7P/c1-7-10-13-16-19-22-25-28-29-30-31-32-33-34-35-36-37-38-39-42-44-47-50-53-56-59-66(70)68-64(63-75-77(72,73)74-62-61-69(4,5)6)65(58-55-52-49-46-43-40-26-23-20-17-14-11-8-2)76-67(71)60-57-54-51-48-45-41-27-24-21-18-15-12-9-3/h10,12-13,15,18-19,21-22,24,27-29,31-32,34-35,55,58,64-65H,7-9,11,14,16-17,20,23,25-26,30,33,36-54,56-57,59-63H2,1-6H3,(H-,68,70,72,73)/b13-10-,15-12+,21-18+,22-19-,27-24-,29-28-,32-31-,35-34-,58-55-. The number of ether oxygens (including phenoxy) is 1. The number of rotatable bonds is 55. The molecule has 77 heavy (non-hydrogen) atoms. The van der Waals surface area contributed by atoms with Gasteiger partial charge < -0.3 is 28.5 Å². The maximum absolute atomic E-state index is 13.5. The van der Waals surface area contributed by atoms with Crippen LogP contribution >= 0.6 is 7.82 Å². The van der Waals surface area contributed by atoms with Gasteiger partial charge in [-0.05, 0) is 96.0 Å². The Morgan fingerprint density at radius 1 is 0.481 bits per heavy atom. The Kier molecular flexibility index (Phi) is 53.5. The number of carbonyl (C=O) groups excluding carboxylic acids is 2. The van der Waals surface area contributed by atoms with E-state index in [2.05, 4.69) is 123 Å². The number of quaternary nitrogens is 1. The molecule has 0 radical (unpaired) electrons. The number of phosphoric acid groups is 1. The van der Waals surface area contributed by atoms with Gasteiger partial charge in [-0.25, -0.2) is 0 Å². The Bertz CT molecular complexity index is 1690. The molecule has 0 spiro atoms. The minimum atomic E-state index is -4.71. The lowest BCUT2D eigenvalue weighted by molar-refractivity contribution is -0.870. The lowest BCUT2D eigenvalue weighted by Crippen LogP contribution is -2.47. The molecule has 0 heterocycles. The first-order chi connectivity index (χ1) is 37.4. The highest BCUT2D eigenvalue weighted by Crippen LogP contribution is 2.38. The van der Waals surface area contributed by atoms with Crippen LogP contribution in [0, 0.1) is 0 Å². The van der Waals surface area contributed by atoms with Gasteiger partial charge in [-0.15, -0.1) is 0 Å². The second-order valence-electron chi connectivity index (χ2n) is 21.9. The molecule has 0 fully saturated rings. The molecule has 1 amide bonds. The van der Waals surface area contributed by atoms with E-state index >= 15 is 0 Å². The van der Waals surface area contributed by atoms with Crippen molar-refractivity contribution in [3.8, 4) is 0 Å². The fourth-order valence-corrected chi connectivity index (χ4v) is 9.21. The number of esters is 1. The minimum absolute atomic E-state index is 0.0324. The van der Waals surface area contributed by atoms with E-state index < -0.39 is 26.6 Å². The van der Waals surface area contributed by atoms with Crippen LogP contribution in [0.3, 0.4) is 0 Å². The Balaban J connectivity index is 5.20. The van der Waals surface area contributed by atoms with Gasteiger partial charge in [-0.3, -0.25) is 14.2 Å². The summed E-state index contributed by atoms with van der Waals surface area (Å²) in [6, 6.07) is -0.907. The van der Waals surface area contributed by atoms with E-state index in [0.717, 1.165) is 122 Å². The molecule has 442 valence electrons. The van der Waals surface area contributed by atoms with Crippen molar-refractivity contribution in [3.05, 3.63) is 109 Å². The van der Waals surface area contributed by atoms with Crippen molar-refractivity contribution < 1.29 is 37.3 Å². The van der Waals surface area contributed by atoms with Crippen molar-refractivity contribution in [2.75, 3.05) is 40.9 Å². The van der Waals surface area contributed by atoms with E-state index in [1.807, 2.05) is 33.3 Å². The third kappa shape index (κ3) is 57.2. The molecule has 0 aliphatic carbocycles. The molecular formula is C67H117N2O7P. The largest absolute Gasteiger partial charge is 0.756 e. The molecule has 0 saturated heterocycles. The van der Waals surface area contributed by atoms with Crippen molar-refractivity contribution in [1.29, 1.82) is 0 Å². The monoisotopic (exact) mass is 1090 g/mol. The first kappa shape index (κ1) is 73.7. The van der Waals surface area contributed by atoms with Gasteiger partial charge in [0.25, 0.3) is 7.82 Å². The zero-order chi connectivity index (χ0) is 56.4. The third-order valence-corrected chi connectivity index (χ3v) is 14.2. The van der Waals surface area contributed by atoms with E-state index in [4.69, 9.17) is 13.8 Å². The number of nitrogens with zero attached hydrogens (tertiary/aromatic N) is 1. The molecule has 0 saturated carbocycles. The summed E-state index contributed by atoms with van der Waals surface area (Å²) in [5.41, 5.74) is 0. The van der Waals surface area contributed by atoms with Crippen LogP contribution in [0.15, 0.2) is 109 Å². The Hall–Kier alpha value is -3.33. The van der Waals surface area contributed by atoms with Crippen LogP contribution in [0.4, 0.5) is 0 Å². The number of allylic oxidation sites excluding steroid dienone is 17. The zero-order valence-corrected chi connectivity index (χ0v) is 51.3. The first-order valence-corrected chi connectivity index (χ1v) is 32.7. The molecule has 1 N–H and O–H groups in total. The lowest BCUT2D eigenvalue weighted by atomic mass is 10.0. The molecule has 0 bridgehead atoms. The van der Waals surface area contributed by atoms with Gasteiger partial charge in [0.1, 0.15) is 19.3 Å². The highest BCUT2D eigenvalue weighted by molar-refractivity contribution is 7.45. The summed E-state index contributed by atoms with van der Waals surface area (Å²) in [6.45, 7) is 6.57. The second-order valence-corrected chi connectivity index (χ2v) is 23.3. The van der Waals surface area contributed by atoms with E-state index in [1.54, 1.807) is 0 Å². The smallest absolute Gasteiger partial charge is 0.306 e. The van der Waals surface area contributed by atoms with Gasteiger partial charge in [-0.2, -0.15) is 0 Å². The van der Waals surface area contributed by atoms with E-state index in [0.29, 0.717) is 23.9 Å². The fraction of sp³-hybridized carbons (Fsp3) is 0.701. The van der Waals surface area contributed by atoms with Gasteiger partial charge in [0.05, 0.1) is 33.8 Å². The molecule has 0 rings (SSSR count). The summed E-state index contributed by atoms with van der Waals surface area (Å²) in [5, 5.41) is 3.02. The van der Waals surface area contributed by atoms with Crippen LogP contribution < -0.4 is 10.2 Å². The molecule has 10 heteroatoms. The summed E-state index contributed by atoms with van der Waals surface area (Å²) in [7, 11) is 1.15. The lowest BCUT2D eigenvalue weighted by Gasteiger charge is -2.30. The quantitative estimate of drug-likeness (QED) is 0.0161. The Morgan fingerprint density at radius 3 is 1.39 bits per heavy atom. The van der Waals surface area contributed by atoms with Gasteiger partial charge in [-0.1, -0.05) is 252 Å². The van der Waals surface area contributed by atoms with Crippen molar-refractivity contribution in [2.45, 2.75) is 264 Å². The maximum atomic E-state index is 13.5. The van der Waals surface area contributed by atoms with Crippen LogP contribution in [-0.2, 0) is 27.9 Å². The number of unbranched alkanes of at least 4 members (excludes halogenated alkanes) is 25. The Morgan fingerprint density at radius 2 is 0.896 bits per heavy atom. The molecule has 9 nitrogen and oxygen atoms in total. The third-order valence-electron chi connectivity index (χ3n) is 13.3. The van der Waals surface area contributed by atoms with Gasteiger partial charge in [0.15, 0.2) is 0 Å². The first-order valence-electron chi connectivity index (χ1n) is 31.2. The molecule has 3 atom stereocenters. The van der Waals surface area contributed by atoms with Crippen LogP contribution in [0.25, 0.3) is 0 Å². The Labute approximate surface area is 474 Å². The van der Waals surface area contributed by atoms with Crippen LogP contribution in [0.5, 0.6) is 0 Å². The number of carbonyl (C=O) groups is 2. The molecule has 0 aliphatic heterocycles. The number of hydrogen-bond acceptors (Lipinski definition) is 7. The van der Waals surface area contributed by atoms with Crippen LogP contribution in [0.2, 0.25) is 0 Å². The highest BCUT2D eigenvalue weighted by Gasteiger charge is 2.27. The van der Waals surface area contributed by atoms with Crippen molar-refractivity contribution in [2.24, 2.45) is 0 Å². The predicted octanol–water partition coefficient (Wildman–Crippen LogP) is 18.7. The van der Waals surface area contributed by atoms with Crippen LogP contribution in [0.1, 0.15) is 252 Å². The average molecular weight is 1090 g/mol. The highest BCUT2D eigenvalue weighted by atomic mass is 31.2. The normalized spacial score (nSPS) is 14.4. The summed E-state index contributed by atoms with van der Waals surface area (Å²) >= 11 is 0. The average Bonchev–Trinajstić information content (AvgIpc) is 3.39. The molecule has 0 aromatic carbocycles. The van der Waals surface area contributed by atoms with E-state index in [-0.39, 0.29) is 24.9 Å². The SMILES string of the molecule is CC/C=C\C/C=C\C/C=C\C/C=C\C/C=C\CCCCCCCCCCCC(=O)NC(COP(=O)([O-])OCC[N+](C)(C)C)C(/C=C\CCCCCCCCCCCCC)OC(=O)CCCCCCC\C=C/C=C/C=C/CC. The number of nitrogens with one attached hydrogen (secondary N) is 1. The van der Waals surface area contributed by atoms with E-state index in [9.17, 15) is 19.0 Å².